The third kappa shape index (κ3) is 2.99. The van der Waals surface area contributed by atoms with Gasteiger partial charge in [0.25, 0.3) is 0 Å². The van der Waals surface area contributed by atoms with E-state index in [1.807, 2.05) is 0 Å². The van der Waals surface area contributed by atoms with Gasteiger partial charge in [-0.1, -0.05) is 75.5 Å². The molecule has 6 rings (SSSR count). The molecule has 0 N–H and O–H groups in total. The number of ether oxygens (including phenoxy) is 1. The topological polar surface area (TPSA) is 80.8 Å². The van der Waals surface area contributed by atoms with Crippen LogP contribution in [0.15, 0.2) is 71.2 Å². The van der Waals surface area contributed by atoms with Gasteiger partial charge in [-0.25, -0.2) is 4.90 Å². The van der Waals surface area contributed by atoms with Gasteiger partial charge in [-0.2, -0.15) is 0 Å². The predicted octanol–water partition coefficient (Wildman–Crippen LogP) is 5.45. The van der Waals surface area contributed by atoms with Crippen LogP contribution in [0, 0.1) is 11.8 Å². The molecule has 2 saturated heterocycles. The lowest BCUT2D eigenvalue weighted by Gasteiger charge is -2.27. The number of hydrogen-bond acceptors (Lipinski definition) is 5. The number of ketones is 2. The number of carbonyl (C=O) groups is 4. The Morgan fingerprint density at radius 2 is 1.43 bits per heavy atom. The Kier molecular flexibility index (Phi) is 5.06. The Balaban J connectivity index is 1.54. The summed E-state index contributed by atoms with van der Waals surface area (Å²) in [5, 5.41) is 0.427. The van der Waals surface area contributed by atoms with Crippen LogP contribution in [-0.2, 0) is 14.3 Å². The highest BCUT2D eigenvalue weighted by Gasteiger charge is 2.74. The van der Waals surface area contributed by atoms with Gasteiger partial charge in [0.1, 0.15) is 0 Å². The molecule has 2 amide bonds. The molecule has 2 unspecified atom stereocenters. The van der Waals surface area contributed by atoms with Gasteiger partial charge in [0.05, 0.1) is 33.7 Å². The van der Waals surface area contributed by atoms with Crippen LogP contribution < -0.4 is 4.90 Å². The molecule has 3 aliphatic rings. The van der Waals surface area contributed by atoms with Crippen LogP contribution >= 0.6 is 39.1 Å². The number of halogens is 3. The number of fused-ring (bicyclic) bond motifs is 3. The fraction of sp³-hybridized carbons (Fsp3) is 0.154. The molecule has 3 aromatic carbocycles. The molecule has 0 saturated carbocycles. The molecular formula is C26H14BrCl2NO5. The normalized spacial score (nSPS) is 24.4. The van der Waals surface area contributed by atoms with Gasteiger partial charge >= 0.3 is 0 Å². The van der Waals surface area contributed by atoms with Crippen LogP contribution in [0.3, 0.4) is 0 Å². The molecule has 1 spiro atoms. The van der Waals surface area contributed by atoms with Crippen molar-refractivity contribution in [1.82, 2.24) is 0 Å². The van der Waals surface area contributed by atoms with Crippen molar-refractivity contribution < 1.29 is 23.9 Å². The summed E-state index contributed by atoms with van der Waals surface area (Å²) in [5.74, 6) is -4.88. The molecule has 0 bridgehead atoms. The van der Waals surface area contributed by atoms with E-state index in [1.165, 1.54) is 30.3 Å². The lowest BCUT2D eigenvalue weighted by atomic mass is 9.77. The van der Waals surface area contributed by atoms with Crippen LogP contribution in [-0.4, -0.2) is 29.0 Å². The van der Waals surface area contributed by atoms with Crippen molar-refractivity contribution in [3.63, 3.8) is 0 Å². The number of amides is 2. The molecule has 3 atom stereocenters. The Morgan fingerprint density at radius 1 is 0.800 bits per heavy atom. The quantitative estimate of drug-likeness (QED) is 0.302. The summed E-state index contributed by atoms with van der Waals surface area (Å²) in [6.07, 6.45) is -0.987. The Labute approximate surface area is 217 Å². The lowest BCUT2D eigenvalue weighted by Crippen LogP contribution is -2.51. The minimum Gasteiger partial charge on any atom is -0.349 e. The fourth-order valence-corrected chi connectivity index (χ4v) is 5.91. The first-order chi connectivity index (χ1) is 16.8. The number of Topliss-reactive ketones (excluding diaryl/α,β-unsaturated/α-hetero) is 2. The molecule has 174 valence electrons. The SMILES string of the molecule is O=C1C2C(C(=O)N1c1ccc(Cl)c(Cl)c1)C1(O[C@@H]2c2ccc(Br)cc2)C(=O)c2ccccc2C1=O. The van der Waals surface area contributed by atoms with E-state index in [4.69, 9.17) is 27.9 Å². The highest BCUT2D eigenvalue weighted by atomic mass is 79.9. The van der Waals surface area contributed by atoms with Crippen molar-refractivity contribution in [3.05, 3.63) is 97.9 Å². The maximum absolute atomic E-state index is 13.9. The first kappa shape index (κ1) is 22.6. The number of rotatable bonds is 2. The highest BCUT2D eigenvalue weighted by Crippen LogP contribution is 2.57. The van der Waals surface area contributed by atoms with E-state index in [0.717, 1.165) is 9.37 Å². The fourth-order valence-electron chi connectivity index (χ4n) is 5.35. The zero-order valence-corrected chi connectivity index (χ0v) is 20.8. The number of anilines is 1. The van der Waals surface area contributed by atoms with E-state index >= 15 is 0 Å². The second-order valence-electron chi connectivity index (χ2n) is 8.64. The Morgan fingerprint density at radius 3 is 2.03 bits per heavy atom. The van der Waals surface area contributed by atoms with Crippen LogP contribution in [0.25, 0.3) is 0 Å². The lowest BCUT2D eigenvalue weighted by molar-refractivity contribution is -0.127. The van der Waals surface area contributed by atoms with Crippen molar-refractivity contribution in [2.75, 3.05) is 4.90 Å². The van der Waals surface area contributed by atoms with E-state index in [1.54, 1.807) is 36.4 Å². The summed E-state index contributed by atoms with van der Waals surface area (Å²) < 4.78 is 7.05. The molecule has 2 aliphatic heterocycles. The van der Waals surface area contributed by atoms with Crippen molar-refractivity contribution in [2.24, 2.45) is 11.8 Å². The van der Waals surface area contributed by atoms with Gasteiger partial charge in [-0.3, -0.25) is 19.2 Å². The third-order valence-electron chi connectivity index (χ3n) is 6.88. The van der Waals surface area contributed by atoms with Crippen LogP contribution in [0.2, 0.25) is 10.0 Å². The van der Waals surface area contributed by atoms with Gasteiger partial charge in [-0.05, 0) is 35.9 Å². The average Bonchev–Trinajstić information content (AvgIpc) is 3.41. The predicted molar refractivity (Wildman–Crippen MR) is 132 cm³/mol. The number of hydrogen-bond donors (Lipinski definition) is 0. The highest BCUT2D eigenvalue weighted by molar-refractivity contribution is 9.10. The smallest absolute Gasteiger partial charge is 0.241 e. The molecule has 2 heterocycles. The van der Waals surface area contributed by atoms with Gasteiger partial charge in [0.15, 0.2) is 0 Å². The summed E-state index contributed by atoms with van der Waals surface area (Å²) >= 11 is 15.6. The Hall–Kier alpha value is -2.84. The Bertz CT molecular complexity index is 1440. The van der Waals surface area contributed by atoms with Crippen molar-refractivity contribution in [2.45, 2.75) is 11.7 Å². The summed E-state index contributed by atoms with van der Waals surface area (Å²) in [5.41, 5.74) is -0.969. The first-order valence-electron chi connectivity index (χ1n) is 10.7. The van der Waals surface area contributed by atoms with Crippen LogP contribution in [0.1, 0.15) is 32.4 Å². The summed E-state index contributed by atoms with van der Waals surface area (Å²) in [7, 11) is 0. The standard InChI is InChI=1S/C26H14BrCl2NO5/c27-13-7-5-12(6-8-13)21-19-20(25(34)30(24(19)33)14-9-10-17(28)18(29)11-14)26(35-21)22(31)15-3-1-2-4-16(15)23(26)32/h1-11,19-21H/t19?,20?,21-/m1/s1. The zero-order chi connectivity index (χ0) is 24.6. The molecule has 9 heteroatoms. The summed E-state index contributed by atoms with van der Waals surface area (Å²) in [6, 6.07) is 17.8. The van der Waals surface area contributed by atoms with Gasteiger partial charge in [0.2, 0.25) is 29.0 Å². The molecule has 0 radical (unpaired) electrons. The van der Waals surface area contributed by atoms with Crippen molar-refractivity contribution >= 4 is 68.2 Å². The van der Waals surface area contributed by atoms with Crippen molar-refractivity contribution in [3.8, 4) is 0 Å². The second kappa shape index (κ2) is 7.83. The van der Waals surface area contributed by atoms with E-state index in [0.29, 0.717) is 5.56 Å². The first-order valence-corrected chi connectivity index (χ1v) is 12.3. The maximum Gasteiger partial charge on any atom is 0.241 e. The molecule has 3 aromatic rings. The van der Waals surface area contributed by atoms with Crippen LogP contribution in [0.5, 0.6) is 0 Å². The van der Waals surface area contributed by atoms with Crippen molar-refractivity contribution in [1.29, 1.82) is 0 Å². The second-order valence-corrected chi connectivity index (χ2v) is 10.4. The van der Waals surface area contributed by atoms with E-state index < -0.39 is 46.9 Å². The zero-order valence-electron chi connectivity index (χ0n) is 17.7. The third-order valence-corrected chi connectivity index (χ3v) is 8.15. The maximum atomic E-state index is 13.9. The van der Waals surface area contributed by atoms with E-state index in [-0.39, 0.29) is 26.9 Å². The van der Waals surface area contributed by atoms with Gasteiger partial charge < -0.3 is 4.74 Å². The monoisotopic (exact) mass is 569 g/mol. The van der Waals surface area contributed by atoms with E-state index in [9.17, 15) is 19.2 Å². The summed E-state index contributed by atoms with van der Waals surface area (Å²) in [4.78, 5) is 56.1. The number of imide groups is 1. The number of benzene rings is 3. The minimum absolute atomic E-state index is 0.165. The molecule has 2 fully saturated rings. The van der Waals surface area contributed by atoms with Crippen LogP contribution in [0.4, 0.5) is 5.69 Å². The molecular weight excluding hydrogens is 557 g/mol. The minimum atomic E-state index is -2.12. The average molecular weight is 571 g/mol. The largest absolute Gasteiger partial charge is 0.349 e. The number of nitrogens with zero attached hydrogens (tertiary/aromatic N) is 1. The molecule has 6 nitrogen and oxygen atoms in total. The van der Waals surface area contributed by atoms with E-state index in [2.05, 4.69) is 15.9 Å². The van der Waals surface area contributed by atoms with Gasteiger partial charge in [-0.15, -0.1) is 0 Å². The molecule has 35 heavy (non-hydrogen) atoms. The summed E-state index contributed by atoms with van der Waals surface area (Å²) in [6.45, 7) is 0. The number of carbonyl (C=O) groups excluding carboxylic acids is 4. The molecule has 0 aromatic heterocycles. The van der Waals surface area contributed by atoms with Gasteiger partial charge in [0, 0.05) is 15.6 Å². The molecule has 1 aliphatic carbocycles.